The Morgan fingerprint density at radius 3 is 2.82 bits per heavy atom. The van der Waals surface area contributed by atoms with Crippen LogP contribution in [-0.2, 0) is 0 Å². The third kappa shape index (κ3) is 3.00. The van der Waals surface area contributed by atoms with E-state index in [1.165, 1.54) is 0 Å². The van der Waals surface area contributed by atoms with E-state index in [0.29, 0.717) is 12.5 Å². The van der Waals surface area contributed by atoms with Crippen molar-refractivity contribution in [2.75, 3.05) is 26.2 Å². The summed E-state index contributed by atoms with van der Waals surface area (Å²) in [5, 5.41) is 16.5. The van der Waals surface area contributed by atoms with Crippen LogP contribution in [0, 0.1) is 5.92 Å². The summed E-state index contributed by atoms with van der Waals surface area (Å²) in [6.45, 7) is 5.51. The van der Waals surface area contributed by atoms with E-state index in [1.54, 1.807) is 4.90 Å². The molecule has 0 aromatic carbocycles. The molecule has 2 N–H and O–H groups in total. The minimum atomic E-state index is -0.139. The second kappa shape index (κ2) is 5.72. The second-order valence-electron chi connectivity index (χ2n) is 4.27. The molecule has 17 heavy (non-hydrogen) atoms. The number of H-pyrrole nitrogens is 1. The van der Waals surface area contributed by atoms with E-state index < -0.39 is 0 Å². The highest BCUT2D eigenvalue weighted by Gasteiger charge is 2.22. The van der Waals surface area contributed by atoms with Gasteiger partial charge in [0.25, 0.3) is 11.7 Å². The van der Waals surface area contributed by atoms with Crippen LogP contribution in [0.25, 0.3) is 0 Å². The predicted octanol–water partition coefficient (Wildman–Crippen LogP) is -0.339. The molecule has 2 heterocycles. The molecule has 7 nitrogen and oxygen atoms in total. The lowest BCUT2D eigenvalue weighted by atomic mass is 9.97. The fraction of sp³-hybridized carbons (Fsp3) is 0.800. The van der Waals surface area contributed by atoms with Crippen molar-refractivity contribution in [1.29, 1.82) is 0 Å². The molecule has 2 rings (SSSR count). The minimum Gasteiger partial charge on any atom is -0.336 e. The first-order valence-corrected chi connectivity index (χ1v) is 6.04. The van der Waals surface area contributed by atoms with Crippen molar-refractivity contribution in [1.82, 2.24) is 30.8 Å². The summed E-state index contributed by atoms with van der Waals surface area (Å²) < 4.78 is 0. The summed E-state index contributed by atoms with van der Waals surface area (Å²) in [6, 6.07) is 0. The summed E-state index contributed by atoms with van der Waals surface area (Å²) in [6.07, 6.45) is 2.24. The molecule has 0 spiro atoms. The Kier molecular flexibility index (Phi) is 4.03. The molecule has 1 fully saturated rings. The van der Waals surface area contributed by atoms with Gasteiger partial charge < -0.3 is 10.2 Å². The Morgan fingerprint density at radius 2 is 2.24 bits per heavy atom. The van der Waals surface area contributed by atoms with E-state index in [4.69, 9.17) is 0 Å². The quantitative estimate of drug-likeness (QED) is 0.749. The van der Waals surface area contributed by atoms with E-state index in [0.717, 1.165) is 32.5 Å². The molecular formula is C10H18N6O. The Bertz CT molecular complexity index is 346. The fourth-order valence-corrected chi connectivity index (χ4v) is 2.13. The van der Waals surface area contributed by atoms with Crippen molar-refractivity contribution in [3.63, 3.8) is 0 Å². The molecule has 0 radical (unpaired) electrons. The topological polar surface area (TPSA) is 86.8 Å². The van der Waals surface area contributed by atoms with Gasteiger partial charge in [-0.15, -0.1) is 10.2 Å². The zero-order valence-corrected chi connectivity index (χ0v) is 10.0. The van der Waals surface area contributed by atoms with Crippen molar-refractivity contribution in [2.24, 2.45) is 5.92 Å². The fourth-order valence-electron chi connectivity index (χ4n) is 2.13. The lowest BCUT2D eigenvalue weighted by Gasteiger charge is -2.28. The van der Waals surface area contributed by atoms with Crippen molar-refractivity contribution < 1.29 is 4.79 Å². The van der Waals surface area contributed by atoms with E-state index in [2.05, 4.69) is 25.9 Å². The molecule has 1 aliphatic rings. The standard InChI is InChI=1S/C10H18N6O/c1-2-16(7-8-3-5-11-6-4-8)10(17)9-12-14-15-13-9/h8,11H,2-7H2,1H3,(H,12,13,14,15). The zero-order chi connectivity index (χ0) is 12.1. The van der Waals surface area contributed by atoms with Gasteiger partial charge in [0.15, 0.2) is 0 Å². The van der Waals surface area contributed by atoms with Gasteiger partial charge in [-0.2, -0.15) is 5.21 Å². The number of carbonyl (C=O) groups is 1. The van der Waals surface area contributed by atoms with Crippen LogP contribution in [0.4, 0.5) is 0 Å². The number of nitrogens with zero attached hydrogens (tertiary/aromatic N) is 4. The molecule has 94 valence electrons. The number of tetrazole rings is 1. The molecule has 0 aliphatic carbocycles. The van der Waals surface area contributed by atoms with Crippen LogP contribution in [0.5, 0.6) is 0 Å². The van der Waals surface area contributed by atoms with Gasteiger partial charge in [0, 0.05) is 13.1 Å². The number of amides is 1. The van der Waals surface area contributed by atoms with E-state index >= 15 is 0 Å². The van der Waals surface area contributed by atoms with Gasteiger partial charge in [-0.1, -0.05) is 0 Å². The summed E-state index contributed by atoms with van der Waals surface area (Å²) in [4.78, 5) is 13.8. The highest BCUT2D eigenvalue weighted by Crippen LogP contribution is 2.14. The number of nitrogens with one attached hydrogen (secondary N) is 2. The van der Waals surface area contributed by atoms with Crippen molar-refractivity contribution in [2.45, 2.75) is 19.8 Å². The second-order valence-corrected chi connectivity index (χ2v) is 4.27. The van der Waals surface area contributed by atoms with E-state index in [9.17, 15) is 4.79 Å². The number of rotatable bonds is 4. The lowest BCUT2D eigenvalue weighted by Crippen LogP contribution is -2.39. The third-order valence-corrected chi connectivity index (χ3v) is 3.14. The average Bonchev–Trinajstić information content (AvgIpc) is 2.90. The Morgan fingerprint density at radius 1 is 1.47 bits per heavy atom. The summed E-state index contributed by atoms with van der Waals surface area (Å²) in [5.41, 5.74) is 0. The third-order valence-electron chi connectivity index (χ3n) is 3.14. The highest BCUT2D eigenvalue weighted by molar-refractivity contribution is 5.90. The summed E-state index contributed by atoms with van der Waals surface area (Å²) >= 11 is 0. The number of aromatic amines is 1. The molecule has 1 amide bonds. The normalized spacial score (nSPS) is 17.0. The Labute approximate surface area is 100.0 Å². The SMILES string of the molecule is CCN(CC1CCNCC1)C(=O)c1nn[nH]n1. The molecule has 1 aromatic rings. The van der Waals surface area contributed by atoms with Gasteiger partial charge in [-0.25, -0.2) is 0 Å². The van der Waals surface area contributed by atoms with Gasteiger partial charge in [0.2, 0.25) is 0 Å². The van der Waals surface area contributed by atoms with Gasteiger partial charge in [0.1, 0.15) is 0 Å². The number of aromatic nitrogens is 4. The van der Waals surface area contributed by atoms with Crippen LogP contribution < -0.4 is 5.32 Å². The molecule has 1 aliphatic heterocycles. The first-order chi connectivity index (χ1) is 8.31. The molecule has 0 bridgehead atoms. The first kappa shape index (κ1) is 12.0. The number of hydrogen-bond acceptors (Lipinski definition) is 5. The van der Waals surface area contributed by atoms with Crippen LogP contribution in [0.1, 0.15) is 30.4 Å². The average molecular weight is 238 g/mol. The molecule has 1 saturated heterocycles. The van der Waals surface area contributed by atoms with Crippen molar-refractivity contribution in [3.8, 4) is 0 Å². The van der Waals surface area contributed by atoms with Gasteiger partial charge in [-0.3, -0.25) is 4.79 Å². The lowest BCUT2D eigenvalue weighted by molar-refractivity contribution is 0.0714. The number of carbonyl (C=O) groups excluding carboxylic acids is 1. The summed E-state index contributed by atoms with van der Waals surface area (Å²) in [5.74, 6) is 0.590. The van der Waals surface area contributed by atoms with E-state index in [1.807, 2.05) is 6.92 Å². The number of hydrogen-bond donors (Lipinski definition) is 2. The minimum absolute atomic E-state index is 0.139. The zero-order valence-electron chi connectivity index (χ0n) is 10.0. The largest absolute Gasteiger partial charge is 0.336 e. The number of piperidine rings is 1. The Hall–Kier alpha value is -1.50. The Balaban J connectivity index is 1.93. The summed E-state index contributed by atoms with van der Waals surface area (Å²) in [7, 11) is 0. The molecule has 7 heteroatoms. The molecular weight excluding hydrogens is 220 g/mol. The maximum absolute atomic E-state index is 12.0. The smallest absolute Gasteiger partial charge is 0.295 e. The molecule has 1 aromatic heterocycles. The van der Waals surface area contributed by atoms with Crippen LogP contribution >= 0.6 is 0 Å². The maximum atomic E-state index is 12.0. The van der Waals surface area contributed by atoms with Gasteiger partial charge in [-0.05, 0) is 44.0 Å². The van der Waals surface area contributed by atoms with Gasteiger partial charge in [0.05, 0.1) is 0 Å². The van der Waals surface area contributed by atoms with Crippen LogP contribution in [0.3, 0.4) is 0 Å². The maximum Gasteiger partial charge on any atom is 0.295 e. The van der Waals surface area contributed by atoms with Crippen LogP contribution in [0.15, 0.2) is 0 Å². The molecule has 0 saturated carbocycles. The van der Waals surface area contributed by atoms with Gasteiger partial charge >= 0.3 is 0 Å². The van der Waals surface area contributed by atoms with E-state index in [-0.39, 0.29) is 11.7 Å². The first-order valence-electron chi connectivity index (χ1n) is 6.04. The van der Waals surface area contributed by atoms with Crippen molar-refractivity contribution in [3.05, 3.63) is 5.82 Å². The van der Waals surface area contributed by atoms with Crippen molar-refractivity contribution >= 4 is 5.91 Å². The van der Waals surface area contributed by atoms with Crippen LogP contribution in [-0.4, -0.2) is 57.6 Å². The molecule has 0 unspecified atom stereocenters. The highest BCUT2D eigenvalue weighted by atomic mass is 16.2. The van der Waals surface area contributed by atoms with Crippen LogP contribution in [0.2, 0.25) is 0 Å². The molecule has 0 atom stereocenters. The predicted molar refractivity (Wildman–Crippen MR) is 61.3 cm³/mol. The monoisotopic (exact) mass is 238 g/mol.